The number of nitrogens with one attached hydrogen (secondary N) is 1. The SMILES string of the molecule is COC(=O)C1(NC(=O)c2ccc(C#Cc3ccccc3)cc2)CCCCC1. The highest BCUT2D eigenvalue weighted by Gasteiger charge is 2.42. The fraction of sp³-hybridized carbons (Fsp3) is 0.304. The minimum atomic E-state index is -0.907. The van der Waals surface area contributed by atoms with Crippen LogP contribution < -0.4 is 5.32 Å². The molecule has 1 amide bonds. The van der Waals surface area contributed by atoms with Crippen LogP contribution in [0.2, 0.25) is 0 Å². The lowest BCUT2D eigenvalue weighted by molar-refractivity contribution is -0.149. The zero-order chi connectivity index (χ0) is 19.1. The van der Waals surface area contributed by atoms with Crippen molar-refractivity contribution in [2.45, 2.75) is 37.6 Å². The van der Waals surface area contributed by atoms with Gasteiger partial charge >= 0.3 is 5.97 Å². The van der Waals surface area contributed by atoms with E-state index in [1.807, 2.05) is 42.5 Å². The summed E-state index contributed by atoms with van der Waals surface area (Å²) in [6.07, 6.45) is 4.12. The first-order valence-corrected chi connectivity index (χ1v) is 9.21. The largest absolute Gasteiger partial charge is 0.467 e. The molecule has 1 aliphatic carbocycles. The van der Waals surface area contributed by atoms with E-state index in [0.717, 1.165) is 30.4 Å². The molecule has 4 heteroatoms. The Balaban J connectivity index is 1.72. The van der Waals surface area contributed by atoms with Crippen LogP contribution in [0, 0.1) is 11.8 Å². The van der Waals surface area contributed by atoms with Gasteiger partial charge in [0.1, 0.15) is 5.54 Å². The first-order valence-electron chi connectivity index (χ1n) is 9.21. The van der Waals surface area contributed by atoms with Crippen molar-refractivity contribution in [3.63, 3.8) is 0 Å². The Morgan fingerprint density at radius 3 is 2.07 bits per heavy atom. The van der Waals surface area contributed by atoms with Crippen LogP contribution in [0.1, 0.15) is 53.6 Å². The molecule has 4 nitrogen and oxygen atoms in total. The molecule has 0 aromatic heterocycles. The molecule has 0 spiro atoms. The molecule has 2 aromatic rings. The minimum absolute atomic E-state index is 0.259. The second-order valence-electron chi connectivity index (χ2n) is 6.78. The second kappa shape index (κ2) is 8.55. The van der Waals surface area contributed by atoms with Crippen LogP contribution in [0.3, 0.4) is 0 Å². The summed E-state index contributed by atoms with van der Waals surface area (Å²) in [5.74, 6) is 5.56. The van der Waals surface area contributed by atoms with Gasteiger partial charge in [-0.3, -0.25) is 4.79 Å². The van der Waals surface area contributed by atoms with Crippen LogP contribution in [-0.2, 0) is 9.53 Å². The molecule has 0 heterocycles. The van der Waals surface area contributed by atoms with E-state index in [1.54, 1.807) is 12.1 Å². The van der Waals surface area contributed by atoms with Crippen molar-refractivity contribution in [2.75, 3.05) is 7.11 Å². The summed E-state index contributed by atoms with van der Waals surface area (Å²) in [7, 11) is 1.37. The molecule has 2 aromatic carbocycles. The van der Waals surface area contributed by atoms with Gasteiger partial charge in [0.2, 0.25) is 0 Å². The van der Waals surface area contributed by atoms with Crippen molar-refractivity contribution in [3.8, 4) is 11.8 Å². The molecule has 0 radical (unpaired) electrons. The molecule has 1 saturated carbocycles. The van der Waals surface area contributed by atoms with Crippen LogP contribution in [0.25, 0.3) is 0 Å². The van der Waals surface area contributed by atoms with Crippen molar-refractivity contribution in [2.24, 2.45) is 0 Å². The third-order valence-corrected chi connectivity index (χ3v) is 4.91. The highest BCUT2D eigenvalue weighted by Crippen LogP contribution is 2.29. The zero-order valence-electron chi connectivity index (χ0n) is 15.5. The number of esters is 1. The van der Waals surface area contributed by atoms with Crippen LogP contribution in [0.15, 0.2) is 54.6 Å². The van der Waals surface area contributed by atoms with Crippen molar-refractivity contribution < 1.29 is 14.3 Å². The Kier molecular flexibility index (Phi) is 5.93. The van der Waals surface area contributed by atoms with E-state index >= 15 is 0 Å². The van der Waals surface area contributed by atoms with E-state index in [2.05, 4.69) is 17.2 Å². The number of rotatable bonds is 3. The molecule has 27 heavy (non-hydrogen) atoms. The Morgan fingerprint density at radius 2 is 1.48 bits per heavy atom. The lowest BCUT2D eigenvalue weighted by atomic mass is 9.81. The summed E-state index contributed by atoms with van der Waals surface area (Å²) in [5.41, 5.74) is 1.37. The normalized spacial score (nSPS) is 15.1. The van der Waals surface area contributed by atoms with E-state index in [9.17, 15) is 9.59 Å². The number of hydrogen-bond acceptors (Lipinski definition) is 3. The number of ether oxygens (including phenoxy) is 1. The summed E-state index contributed by atoms with van der Waals surface area (Å²) in [6.45, 7) is 0. The molecule has 1 fully saturated rings. The number of benzene rings is 2. The summed E-state index contributed by atoms with van der Waals surface area (Å²) in [5, 5.41) is 2.93. The fourth-order valence-electron chi connectivity index (χ4n) is 3.39. The fourth-order valence-corrected chi connectivity index (χ4v) is 3.39. The summed E-state index contributed by atoms with van der Waals surface area (Å²) >= 11 is 0. The molecule has 138 valence electrons. The van der Waals surface area contributed by atoms with Gasteiger partial charge in [-0.1, -0.05) is 49.3 Å². The number of carbonyl (C=O) groups excluding carboxylic acids is 2. The molecule has 0 aliphatic heterocycles. The highest BCUT2D eigenvalue weighted by atomic mass is 16.5. The average Bonchev–Trinajstić information content (AvgIpc) is 2.73. The minimum Gasteiger partial charge on any atom is -0.467 e. The summed E-state index contributed by atoms with van der Waals surface area (Å²) in [4.78, 5) is 24.9. The van der Waals surface area contributed by atoms with E-state index in [-0.39, 0.29) is 11.9 Å². The second-order valence-corrected chi connectivity index (χ2v) is 6.78. The molecule has 0 atom stereocenters. The Hall–Kier alpha value is -3.06. The molecule has 3 rings (SSSR count). The van der Waals surface area contributed by atoms with Gasteiger partial charge in [-0.25, -0.2) is 4.79 Å². The van der Waals surface area contributed by atoms with Crippen molar-refractivity contribution in [3.05, 3.63) is 71.3 Å². The molecular weight excluding hydrogens is 338 g/mol. The van der Waals surface area contributed by atoms with Crippen molar-refractivity contribution in [1.82, 2.24) is 5.32 Å². The van der Waals surface area contributed by atoms with Gasteiger partial charge in [-0.15, -0.1) is 0 Å². The highest BCUT2D eigenvalue weighted by molar-refractivity contribution is 5.98. The van der Waals surface area contributed by atoms with Crippen LogP contribution >= 0.6 is 0 Å². The molecule has 1 aliphatic rings. The van der Waals surface area contributed by atoms with Gasteiger partial charge in [0, 0.05) is 16.7 Å². The third kappa shape index (κ3) is 4.57. The third-order valence-electron chi connectivity index (χ3n) is 4.91. The van der Waals surface area contributed by atoms with Gasteiger partial charge < -0.3 is 10.1 Å². The predicted octanol–water partition coefficient (Wildman–Crippen LogP) is 3.69. The smallest absolute Gasteiger partial charge is 0.331 e. The first kappa shape index (κ1) is 18.7. The Morgan fingerprint density at radius 1 is 0.889 bits per heavy atom. The van der Waals surface area contributed by atoms with Crippen molar-refractivity contribution >= 4 is 11.9 Å². The van der Waals surface area contributed by atoms with E-state index in [0.29, 0.717) is 18.4 Å². The van der Waals surface area contributed by atoms with Crippen LogP contribution in [-0.4, -0.2) is 24.5 Å². The van der Waals surface area contributed by atoms with E-state index < -0.39 is 5.54 Å². The maximum atomic E-state index is 12.7. The quantitative estimate of drug-likeness (QED) is 0.670. The van der Waals surface area contributed by atoms with Gasteiger partial charge in [-0.2, -0.15) is 0 Å². The van der Waals surface area contributed by atoms with E-state index in [4.69, 9.17) is 4.74 Å². The van der Waals surface area contributed by atoms with Gasteiger partial charge in [0.15, 0.2) is 0 Å². The summed E-state index contributed by atoms with van der Waals surface area (Å²) < 4.78 is 4.95. The molecule has 0 bridgehead atoms. The standard InChI is InChI=1S/C23H23NO3/c1-27-22(26)23(16-6-3-7-17-23)24-21(25)20-14-12-19(13-15-20)11-10-18-8-4-2-5-9-18/h2,4-5,8-9,12-15H,3,6-7,16-17H2,1H3,(H,24,25). The van der Waals surface area contributed by atoms with Gasteiger partial charge in [0.25, 0.3) is 5.91 Å². The van der Waals surface area contributed by atoms with Gasteiger partial charge in [0.05, 0.1) is 7.11 Å². The topological polar surface area (TPSA) is 55.4 Å². The average molecular weight is 361 g/mol. The molecular formula is C23H23NO3. The Bertz CT molecular complexity index is 854. The Labute approximate surface area is 159 Å². The number of carbonyl (C=O) groups is 2. The summed E-state index contributed by atoms with van der Waals surface area (Å²) in [6, 6.07) is 16.8. The predicted molar refractivity (Wildman–Crippen MR) is 104 cm³/mol. The zero-order valence-corrected chi connectivity index (χ0v) is 15.5. The number of methoxy groups -OCH3 is 1. The first-order chi connectivity index (χ1) is 13.1. The van der Waals surface area contributed by atoms with Crippen molar-refractivity contribution in [1.29, 1.82) is 0 Å². The monoisotopic (exact) mass is 361 g/mol. The van der Waals surface area contributed by atoms with Crippen LogP contribution in [0.4, 0.5) is 0 Å². The maximum absolute atomic E-state index is 12.7. The van der Waals surface area contributed by atoms with E-state index in [1.165, 1.54) is 7.11 Å². The number of hydrogen-bond donors (Lipinski definition) is 1. The number of amides is 1. The molecule has 0 saturated heterocycles. The lowest BCUT2D eigenvalue weighted by Crippen LogP contribution is -2.56. The van der Waals surface area contributed by atoms with Crippen LogP contribution in [0.5, 0.6) is 0 Å². The lowest BCUT2D eigenvalue weighted by Gasteiger charge is -2.35. The molecule has 0 unspecified atom stereocenters. The maximum Gasteiger partial charge on any atom is 0.331 e. The molecule has 1 N–H and O–H groups in total. The van der Waals surface area contributed by atoms with Gasteiger partial charge in [-0.05, 0) is 49.2 Å².